The lowest BCUT2D eigenvalue weighted by Crippen LogP contribution is -2.12. The average Bonchev–Trinajstić information content (AvgIpc) is 2.66. The van der Waals surface area contributed by atoms with Gasteiger partial charge in [-0.05, 0) is 13.0 Å². The van der Waals surface area contributed by atoms with Crippen LogP contribution in [0.1, 0.15) is 16.1 Å². The maximum absolute atomic E-state index is 11.7. The maximum atomic E-state index is 11.7. The molecule has 1 amide bonds. The molecule has 0 spiro atoms. The summed E-state index contributed by atoms with van der Waals surface area (Å²) in [6.45, 7) is 1.78. The Morgan fingerprint density at radius 3 is 2.87 bits per heavy atom. The minimum absolute atomic E-state index is 0.214. The quantitative estimate of drug-likeness (QED) is 0.754. The molecule has 76 valence electrons. The molecule has 2 aromatic rings. The van der Waals surface area contributed by atoms with E-state index in [0.29, 0.717) is 11.3 Å². The van der Waals surface area contributed by atoms with Crippen molar-refractivity contribution in [3.05, 3.63) is 35.9 Å². The third-order valence-electron chi connectivity index (χ3n) is 1.92. The number of carbonyl (C=O) groups excluding carboxylic acids is 1. The summed E-state index contributed by atoms with van der Waals surface area (Å²) in [7, 11) is 0. The van der Waals surface area contributed by atoms with Crippen LogP contribution in [0.4, 0.5) is 5.69 Å². The highest BCUT2D eigenvalue weighted by molar-refractivity contribution is 6.04. The van der Waals surface area contributed by atoms with Gasteiger partial charge in [-0.15, -0.1) is 0 Å². The van der Waals surface area contributed by atoms with Gasteiger partial charge in [0, 0.05) is 5.69 Å². The van der Waals surface area contributed by atoms with Crippen molar-refractivity contribution in [1.29, 1.82) is 0 Å². The molecule has 0 fully saturated rings. The highest BCUT2D eigenvalue weighted by Gasteiger charge is 2.10. The Morgan fingerprint density at radius 2 is 2.27 bits per heavy atom. The van der Waals surface area contributed by atoms with Gasteiger partial charge < -0.3 is 5.32 Å². The van der Waals surface area contributed by atoms with Crippen LogP contribution in [0.5, 0.6) is 0 Å². The van der Waals surface area contributed by atoms with E-state index in [0.717, 1.165) is 5.69 Å². The number of carbonyl (C=O) groups is 1. The molecule has 0 aliphatic rings. The summed E-state index contributed by atoms with van der Waals surface area (Å²) in [5, 5.41) is 16.4. The minimum Gasteiger partial charge on any atom is -0.320 e. The van der Waals surface area contributed by atoms with Gasteiger partial charge in [0.1, 0.15) is 0 Å². The van der Waals surface area contributed by atoms with E-state index < -0.39 is 0 Å². The molecule has 0 saturated heterocycles. The highest BCUT2D eigenvalue weighted by Crippen LogP contribution is 2.07. The molecule has 2 N–H and O–H groups in total. The maximum Gasteiger partial charge on any atom is 0.259 e. The first-order valence-electron chi connectivity index (χ1n) is 4.35. The first-order chi connectivity index (χ1) is 7.27. The van der Waals surface area contributed by atoms with E-state index in [1.54, 1.807) is 13.0 Å². The third kappa shape index (κ3) is 1.98. The molecule has 15 heavy (non-hydrogen) atoms. The number of hydrogen-bond acceptors (Lipinski definition) is 4. The van der Waals surface area contributed by atoms with E-state index in [2.05, 4.69) is 25.7 Å². The largest absolute Gasteiger partial charge is 0.320 e. The van der Waals surface area contributed by atoms with Crippen molar-refractivity contribution in [3.63, 3.8) is 0 Å². The average molecular weight is 203 g/mol. The van der Waals surface area contributed by atoms with Crippen molar-refractivity contribution < 1.29 is 4.79 Å². The number of H-pyrrole nitrogens is 1. The van der Waals surface area contributed by atoms with Crippen molar-refractivity contribution in [1.82, 2.24) is 20.4 Å². The third-order valence-corrected chi connectivity index (χ3v) is 1.92. The number of nitrogens with one attached hydrogen (secondary N) is 2. The van der Waals surface area contributed by atoms with Crippen molar-refractivity contribution >= 4 is 11.6 Å². The first kappa shape index (κ1) is 9.32. The molecule has 0 bridgehead atoms. The number of hydrogen-bond donors (Lipinski definition) is 2. The zero-order chi connectivity index (χ0) is 10.7. The number of rotatable bonds is 2. The predicted molar refractivity (Wildman–Crippen MR) is 53.3 cm³/mol. The van der Waals surface area contributed by atoms with Gasteiger partial charge in [-0.3, -0.25) is 9.89 Å². The minimum atomic E-state index is -0.214. The van der Waals surface area contributed by atoms with Crippen LogP contribution < -0.4 is 5.32 Å². The van der Waals surface area contributed by atoms with Gasteiger partial charge >= 0.3 is 0 Å². The second-order valence-corrected chi connectivity index (χ2v) is 2.99. The normalized spacial score (nSPS) is 9.93. The second kappa shape index (κ2) is 3.87. The molecule has 2 rings (SSSR count). The smallest absolute Gasteiger partial charge is 0.259 e. The van der Waals surface area contributed by atoms with Gasteiger partial charge in [0.15, 0.2) is 0 Å². The Labute approximate surface area is 85.7 Å². The number of nitrogens with zero attached hydrogens (tertiary/aromatic N) is 3. The fourth-order valence-electron chi connectivity index (χ4n) is 1.14. The Balaban J connectivity index is 2.15. The molecule has 0 aliphatic heterocycles. The van der Waals surface area contributed by atoms with Crippen LogP contribution in [0.15, 0.2) is 24.7 Å². The number of amides is 1. The van der Waals surface area contributed by atoms with E-state index in [-0.39, 0.29) is 5.91 Å². The summed E-state index contributed by atoms with van der Waals surface area (Å²) in [4.78, 5) is 11.7. The standard InChI is InChI=1S/C9H9N5O/c1-6-8(5-12-14-6)9(15)13-7-2-3-10-11-4-7/h2-5H,1H3,(H,12,14)(H,10,13,15). The van der Waals surface area contributed by atoms with E-state index >= 15 is 0 Å². The number of aromatic amines is 1. The molecule has 0 aromatic carbocycles. The van der Waals surface area contributed by atoms with E-state index in [1.165, 1.54) is 18.6 Å². The Kier molecular flexibility index (Phi) is 2.40. The molecule has 2 aromatic heterocycles. The van der Waals surface area contributed by atoms with E-state index in [9.17, 15) is 4.79 Å². The molecule has 6 nitrogen and oxygen atoms in total. The van der Waals surface area contributed by atoms with Crippen LogP contribution >= 0.6 is 0 Å². The SMILES string of the molecule is Cc1[nH]ncc1C(=O)Nc1ccnnc1. The molecule has 6 heteroatoms. The fraction of sp³-hybridized carbons (Fsp3) is 0.111. The van der Waals surface area contributed by atoms with E-state index in [4.69, 9.17) is 0 Å². The van der Waals surface area contributed by atoms with Gasteiger partial charge in [-0.2, -0.15) is 15.3 Å². The number of anilines is 1. The van der Waals surface area contributed by atoms with Gasteiger partial charge in [-0.25, -0.2) is 0 Å². The van der Waals surface area contributed by atoms with Gasteiger partial charge in [0.25, 0.3) is 5.91 Å². The highest BCUT2D eigenvalue weighted by atomic mass is 16.1. The lowest BCUT2D eigenvalue weighted by molar-refractivity contribution is 0.102. The topological polar surface area (TPSA) is 83.6 Å². The summed E-state index contributed by atoms with van der Waals surface area (Å²) >= 11 is 0. The van der Waals surface area contributed by atoms with E-state index in [1.807, 2.05) is 0 Å². The van der Waals surface area contributed by atoms with Crippen molar-refractivity contribution in [2.24, 2.45) is 0 Å². The molecular weight excluding hydrogens is 194 g/mol. The zero-order valence-electron chi connectivity index (χ0n) is 8.06. The summed E-state index contributed by atoms with van der Waals surface area (Å²) in [5.41, 5.74) is 1.86. The molecule has 2 heterocycles. The van der Waals surface area contributed by atoms with Crippen LogP contribution in [0.25, 0.3) is 0 Å². The number of aromatic nitrogens is 4. The van der Waals surface area contributed by atoms with Crippen molar-refractivity contribution in [3.8, 4) is 0 Å². The summed E-state index contributed by atoms with van der Waals surface area (Å²) in [5.74, 6) is -0.214. The Bertz CT molecular complexity index is 464. The molecule has 0 aliphatic carbocycles. The predicted octanol–water partition coefficient (Wildman–Crippen LogP) is 0.760. The fourth-order valence-corrected chi connectivity index (χ4v) is 1.14. The molecule has 0 atom stereocenters. The van der Waals surface area contributed by atoms with Crippen LogP contribution in [-0.4, -0.2) is 26.3 Å². The summed E-state index contributed by atoms with van der Waals surface area (Å²) < 4.78 is 0. The molecule has 0 saturated carbocycles. The monoisotopic (exact) mass is 203 g/mol. The Hall–Kier alpha value is -2.24. The second-order valence-electron chi connectivity index (χ2n) is 2.99. The molecular formula is C9H9N5O. The van der Waals surface area contributed by atoms with Crippen molar-refractivity contribution in [2.45, 2.75) is 6.92 Å². The van der Waals surface area contributed by atoms with Crippen molar-refractivity contribution in [2.75, 3.05) is 5.32 Å². The van der Waals surface area contributed by atoms with Crippen LogP contribution in [0.3, 0.4) is 0 Å². The van der Waals surface area contributed by atoms with Crippen LogP contribution in [0, 0.1) is 6.92 Å². The van der Waals surface area contributed by atoms with Gasteiger partial charge in [0.05, 0.1) is 29.8 Å². The zero-order valence-corrected chi connectivity index (χ0v) is 8.06. The Morgan fingerprint density at radius 1 is 1.40 bits per heavy atom. The van der Waals surface area contributed by atoms with Crippen LogP contribution in [-0.2, 0) is 0 Å². The first-order valence-corrected chi connectivity index (χ1v) is 4.35. The van der Waals surface area contributed by atoms with Gasteiger partial charge in [0.2, 0.25) is 0 Å². The summed E-state index contributed by atoms with van der Waals surface area (Å²) in [6.07, 6.45) is 4.48. The lowest BCUT2D eigenvalue weighted by Gasteiger charge is -2.02. The lowest BCUT2D eigenvalue weighted by atomic mass is 10.2. The number of aryl methyl sites for hydroxylation is 1. The summed E-state index contributed by atoms with van der Waals surface area (Å²) in [6, 6.07) is 1.67. The molecule has 0 unspecified atom stereocenters. The van der Waals surface area contributed by atoms with Gasteiger partial charge in [-0.1, -0.05) is 0 Å². The molecule has 0 radical (unpaired) electrons. The van der Waals surface area contributed by atoms with Crippen LogP contribution in [0.2, 0.25) is 0 Å².